The first kappa shape index (κ1) is 13.9. The summed E-state index contributed by atoms with van der Waals surface area (Å²) in [7, 11) is 0. The second-order valence-electron chi connectivity index (χ2n) is 5.16. The summed E-state index contributed by atoms with van der Waals surface area (Å²) >= 11 is 0. The van der Waals surface area contributed by atoms with Gasteiger partial charge in [0.05, 0.1) is 17.0 Å². The highest BCUT2D eigenvalue weighted by molar-refractivity contribution is 5.95. The van der Waals surface area contributed by atoms with Crippen LogP contribution >= 0.6 is 0 Å². The summed E-state index contributed by atoms with van der Waals surface area (Å²) in [6.07, 6.45) is 2.84. The maximum absolute atomic E-state index is 12.4. The summed E-state index contributed by atoms with van der Waals surface area (Å²) < 4.78 is 0. The van der Waals surface area contributed by atoms with Crippen molar-refractivity contribution < 1.29 is 4.79 Å². The smallest absolute Gasteiger partial charge is 0.253 e. The second-order valence-corrected chi connectivity index (χ2v) is 5.16. The lowest BCUT2D eigenvalue weighted by molar-refractivity contribution is 0.0918. The Bertz CT molecular complexity index is 461. The molecule has 0 saturated carbocycles. The highest BCUT2D eigenvalue weighted by atomic mass is 16.1. The van der Waals surface area contributed by atoms with Crippen LogP contribution in [0.15, 0.2) is 6.07 Å². The standard InChI is InChI=1S/C14H22N4O/c1-4-12-11(8-9(2)17-18-12)14(19)16-13-6-5-7-15-10(13)3/h8,10,13,15H,4-7H2,1-3H3,(H,16,19). The van der Waals surface area contributed by atoms with Gasteiger partial charge in [0.25, 0.3) is 5.91 Å². The highest BCUT2D eigenvalue weighted by Gasteiger charge is 2.24. The van der Waals surface area contributed by atoms with Crippen molar-refractivity contribution >= 4 is 5.91 Å². The Labute approximate surface area is 114 Å². The van der Waals surface area contributed by atoms with E-state index < -0.39 is 0 Å². The van der Waals surface area contributed by atoms with Crippen molar-refractivity contribution in [1.82, 2.24) is 20.8 Å². The van der Waals surface area contributed by atoms with Crippen LogP contribution in [0.2, 0.25) is 0 Å². The Morgan fingerprint density at radius 2 is 2.32 bits per heavy atom. The molecule has 1 fully saturated rings. The molecule has 0 spiro atoms. The van der Waals surface area contributed by atoms with Crippen LogP contribution in [0.1, 0.15) is 48.4 Å². The number of piperidine rings is 1. The molecule has 1 saturated heterocycles. The van der Waals surface area contributed by atoms with Crippen molar-refractivity contribution in [3.63, 3.8) is 0 Å². The van der Waals surface area contributed by atoms with Crippen molar-refractivity contribution in [2.75, 3.05) is 6.54 Å². The zero-order valence-corrected chi connectivity index (χ0v) is 11.9. The molecule has 1 aromatic rings. The summed E-state index contributed by atoms with van der Waals surface area (Å²) in [4.78, 5) is 12.4. The SMILES string of the molecule is CCc1nnc(C)cc1C(=O)NC1CCCNC1C. The summed E-state index contributed by atoms with van der Waals surface area (Å²) in [5.41, 5.74) is 2.20. The van der Waals surface area contributed by atoms with Crippen LogP contribution in [0, 0.1) is 6.92 Å². The highest BCUT2D eigenvalue weighted by Crippen LogP contribution is 2.12. The third-order valence-corrected chi connectivity index (χ3v) is 3.65. The quantitative estimate of drug-likeness (QED) is 0.859. The molecular weight excluding hydrogens is 240 g/mol. The van der Waals surface area contributed by atoms with Crippen molar-refractivity contribution in [1.29, 1.82) is 0 Å². The molecule has 1 aliphatic heterocycles. The van der Waals surface area contributed by atoms with E-state index >= 15 is 0 Å². The number of hydrogen-bond acceptors (Lipinski definition) is 4. The fraction of sp³-hybridized carbons (Fsp3) is 0.643. The predicted octanol–water partition coefficient (Wildman–Crippen LogP) is 1.22. The fourth-order valence-electron chi connectivity index (χ4n) is 2.46. The predicted molar refractivity (Wildman–Crippen MR) is 74.1 cm³/mol. The molecule has 1 aromatic heterocycles. The van der Waals surface area contributed by atoms with E-state index in [2.05, 4.69) is 27.8 Å². The van der Waals surface area contributed by atoms with Gasteiger partial charge in [0.2, 0.25) is 0 Å². The molecule has 104 valence electrons. The molecule has 5 nitrogen and oxygen atoms in total. The third-order valence-electron chi connectivity index (χ3n) is 3.65. The van der Waals surface area contributed by atoms with Crippen LogP contribution in [0.25, 0.3) is 0 Å². The number of amides is 1. The van der Waals surface area contributed by atoms with Gasteiger partial charge in [-0.1, -0.05) is 6.92 Å². The topological polar surface area (TPSA) is 66.9 Å². The summed E-state index contributed by atoms with van der Waals surface area (Å²) in [6.45, 7) is 6.99. The van der Waals surface area contributed by atoms with E-state index in [-0.39, 0.29) is 11.9 Å². The minimum atomic E-state index is -0.0320. The Kier molecular flexibility index (Phi) is 4.47. The Hall–Kier alpha value is -1.49. The third kappa shape index (κ3) is 3.29. The van der Waals surface area contributed by atoms with E-state index in [1.54, 1.807) is 0 Å². The second kappa shape index (κ2) is 6.10. The van der Waals surface area contributed by atoms with Gasteiger partial charge >= 0.3 is 0 Å². The number of hydrogen-bond donors (Lipinski definition) is 2. The Balaban J connectivity index is 2.13. The van der Waals surface area contributed by atoms with Crippen molar-refractivity contribution in [3.05, 3.63) is 23.0 Å². The molecular formula is C14H22N4O. The number of aromatic nitrogens is 2. The Morgan fingerprint density at radius 3 is 3.00 bits per heavy atom. The van der Waals surface area contributed by atoms with Crippen molar-refractivity contribution in [3.8, 4) is 0 Å². The van der Waals surface area contributed by atoms with Crippen LogP contribution in [-0.2, 0) is 6.42 Å². The van der Waals surface area contributed by atoms with E-state index in [1.165, 1.54) is 0 Å². The van der Waals surface area contributed by atoms with Gasteiger partial charge in [-0.2, -0.15) is 10.2 Å². The molecule has 19 heavy (non-hydrogen) atoms. The van der Waals surface area contributed by atoms with E-state index in [1.807, 2.05) is 19.9 Å². The lowest BCUT2D eigenvalue weighted by Crippen LogP contribution is -2.52. The molecule has 2 atom stereocenters. The van der Waals surface area contributed by atoms with Gasteiger partial charge in [0, 0.05) is 12.1 Å². The van der Waals surface area contributed by atoms with E-state index in [9.17, 15) is 4.79 Å². The number of carbonyl (C=O) groups excluding carboxylic acids is 1. The maximum Gasteiger partial charge on any atom is 0.253 e. The zero-order valence-electron chi connectivity index (χ0n) is 11.9. The van der Waals surface area contributed by atoms with Crippen LogP contribution in [0.4, 0.5) is 0 Å². The van der Waals surface area contributed by atoms with Crippen LogP contribution in [0.3, 0.4) is 0 Å². The lowest BCUT2D eigenvalue weighted by atomic mass is 9.99. The number of nitrogens with zero attached hydrogens (tertiary/aromatic N) is 2. The fourth-order valence-corrected chi connectivity index (χ4v) is 2.46. The molecule has 2 rings (SSSR count). The average molecular weight is 262 g/mol. The monoisotopic (exact) mass is 262 g/mol. The Morgan fingerprint density at radius 1 is 1.53 bits per heavy atom. The van der Waals surface area contributed by atoms with Gasteiger partial charge in [-0.3, -0.25) is 4.79 Å². The average Bonchev–Trinajstić information content (AvgIpc) is 2.41. The molecule has 0 aromatic carbocycles. The zero-order chi connectivity index (χ0) is 13.8. The van der Waals surface area contributed by atoms with Gasteiger partial charge in [-0.15, -0.1) is 0 Å². The number of carbonyl (C=O) groups is 1. The summed E-state index contributed by atoms with van der Waals surface area (Å²) in [6, 6.07) is 2.33. The van der Waals surface area contributed by atoms with E-state index in [0.29, 0.717) is 18.0 Å². The molecule has 2 unspecified atom stereocenters. The first-order valence-corrected chi connectivity index (χ1v) is 6.99. The van der Waals surface area contributed by atoms with Gasteiger partial charge in [0.1, 0.15) is 0 Å². The minimum absolute atomic E-state index is 0.0320. The molecule has 1 aliphatic rings. The summed E-state index contributed by atoms with van der Waals surface area (Å²) in [5, 5.41) is 14.6. The van der Waals surface area contributed by atoms with Gasteiger partial charge in [-0.25, -0.2) is 0 Å². The van der Waals surface area contributed by atoms with Crippen LogP contribution < -0.4 is 10.6 Å². The van der Waals surface area contributed by atoms with Gasteiger partial charge in [-0.05, 0) is 45.7 Å². The van der Waals surface area contributed by atoms with Crippen molar-refractivity contribution in [2.45, 2.75) is 52.1 Å². The lowest BCUT2D eigenvalue weighted by Gasteiger charge is -2.30. The molecule has 0 bridgehead atoms. The molecule has 2 N–H and O–H groups in total. The van der Waals surface area contributed by atoms with Crippen molar-refractivity contribution in [2.24, 2.45) is 0 Å². The minimum Gasteiger partial charge on any atom is -0.348 e. The number of aryl methyl sites for hydroxylation is 2. The van der Waals surface area contributed by atoms with E-state index in [0.717, 1.165) is 30.8 Å². The van der Waals surface area contributed by atoms with Gasteiger partial charge < -0.3 is 10.6 Å². The van der Waals surface area contributed by atoms with Gasteiger partial charge in [0.15, 0.2) is 0 Å². The number of nitrogens with one attached hydrogen (secondary N) is 2. The molecule has 2 heterocycles. The molecule has 1 amide bonds. The molecule has 0 aliphatic carbocycles. The first-order valence-electron chi connectivity index (χ1n) is 6.99. The van der Waals surface area contributed by atoms with E-state index in [4.69, 9.17) is 0 Å². The van der Waals surface area contributed by atoms with Crippen LogP contribution in [-0.4, -0.2) is 34.7 Å². The van der Waals surface area contributed by atoms with Crippen LogP contribution in [0.5, 0.6) is 0 Å². The number of rotatable bonds is 3. The molecule has 0 radical (unpaired) electrons. The largest absolute Gasteiger partial charge is 0.348 e. The first-order chi connectivity index (χ1) is 9.11. The normalized spacial score (nSPS) is 23.1. The summed E-state index contributed by atoms with van der Waals surface area (Å²) in [5.74, 6) is -0.0320. The maximum atomic E-state index is 12.4. The molecule has 5 heteroatoms.